The Morgan fingerprint density at radius 3 is 2.43 bits per heavy atom. The van der Waals surface area contributed by atoms with Crippen LogP contribution in [0.1, 0.15) is 30.4 Å². The van der Waals surface area contributed by atoms with Gasteiger partial charge in [-0.05, 0) is 72.0 Å². The van der Waals surface area contributed by atoms with Crippen LogP contribution in [-0.2, 0) is 11.3 Å². The van der Waals surface area contributed by atoms with Crippen LogP contribution in [0.4, 0.5) is 0 Å². The Bertz CT molecular complexity index is 762. The molecule has 3 nitrogen and oxygen atoms in total. The molecule has 1 N–H and O–H groups in total. The maximum absolute atomic E-state index is 5.96. The van der Waals surface area contributed by atoms with Crippen LogP contribution in [-0.4, -0.2) is 25.4 Å². The van der Waals surface area contributed by atoms with E-state index >= 15 is 0 Å². The van der Waals surface area contributed by atoms with Gasteiger partial charge in [-0.3, -0.25) is 0 Å². The highest BCUT2D eigenvalue weighted by Gasteiger charge is 2.12. The molecular formula is C24H29NO2S. The van der Waals surface area contributed by atoms with Crippen molar-refractivity contribution < 1.29 is 9.47 Å². The second kappa shape index (κ2) is 11.1. The maximum Gasteiger partial charge on any atom is 0.127 e. The Morgan fingerprint density at radius 1 is 1.11 bits per heavy atom. The first-order chi connectivity index (χ1) is 13.8. The van der Waals surface area contributed by atoms with E-state index in [1.807, 2.05) is 36.6 Å². The molecule has 2 aromatic rings. The smallest absolute Gasteiger partial charge is 0.127 e. The Hall–Kier alpha value is -2.01. The van der Waals surface area contributed by atoms with Gasteiger partial charge in [0.05, 0.1) is 13.2 Å². The zero-order valence-electron chi connectivity index (χ0n) is 16.5. The molecule has 0 radical (unpaired) electrons. The van der Waals surface area contributed by atoms with Crippen molar-refractivity contribution in [1.29, 1.82) is 0 Å². The molecule has 1 aliphatic rings. The van der Waals surface area contributed by atoms with E-state index in [1.165, 1.54) is 19.3 Å². The van der Waals surface area contributed by atoms with Crippen molar-refractivity contribution in [3.8, 4) is 11.5 Å². The minimum atomic E-state index is 0.506. The third-order valence-electron chi connectivity index (χ3n) is 4.81. The molecule has 4 heteroatoms. The van der Waals surface area contributed by atoms with Crippen LogP contribution in [0.2, 0.25) is 0 Å². The van der Waals surface area contributed by atoms with Gasteiger partial charge in [0.1, 0.15) is 11.5 Å². The molecule has 2 aromatic carbocycles. The average molecular weight is 396 g/mol. The fourth-order valence-corrected chi connectivity index (χ4v) is 3.74. The second-order valence-electron chi connectivity index (χ2n) is 6.95. The molecule has 3 rings (SSSR count). The van der Waals surface area contributed by atoms with Crippen LogP contribution in [0.3, 0.4) is 0 Å². The van der Waals surface area contributed by atoms with Crippen molar-refractivity contribution in [3.63, 3.8) is 0 Å². The fourth-order valence-electron chi connectivity index (χ4n) is 3.25. The highest BCUT2D eigenvalue weighted by atomic mass is 32.2. The lowest BCUT2D eigenvalue weighted by Crippen LogP contribution is -2.37. The van der Waals surface area contributed by atoms with E-state index in [0.717, 1.165) is 41.4 Å². The number of thioether (sulfide) groups is 1. The van der Waals surface area contributed by atoms with Gasteiger partial charge in [0.15, 0.2) is 0 Å². The summed E-state index contributed by atoms with van der Waals surface area (Å²) in [5.41, 5.74) is 3.42. The van der Waals surface area contributed by atoms with Crippen LogP contribution in [0.15, 0.2) is 66.6 Å². The van der Waals surface area contributed by atoms with Crippen LogP contribution in [0.5, 0.6) is 11.5 Å². The summed E-state index contributed by atoms with van der Waals surface area (Å²) in [5.74, 6) is 1.65. The number of hydrogen-bond acceptors (Lipinski definition) is 4. The predicted molar refractivity (Wildman–Crippen MR) is 120 cm³/mol. The topological polar surface area (TPSA) is 30.5 Å². The van der Waals surface area contributed by atoms with Gasteiger partial charge in [0.2, 0.25) is 0 Å². The number of hydrogen-bond donors (Lipinski definition) is 1. The predicted octanol–water partition coefficient (Wildman–Crippen LogP) is 6.03. The Balaban J connectivity index is 1.49. The second-order valence-corrected chi connectivity index (χ2v) is 7.65. The maximum atomic E-state index is 5.96. The van der Waals surface area contributed by atoms with Gasteiger partial charge < -0.3 is 14.8 Å². The summed E-state index contributed by atoms with van der Waals surface area (Å²) < 4.78 is 11.8. The zero-order valence-corrected chi connectivity index (χ0v) is 17.3. The van der Waals surface area contributed by atoms with Crippen molar-refractivity contribution in [2.45, 2.75) is 31.9 Å². The summed E-state index contributed by atoms with van der Waals surface area (Å²) in [6.07, 6.45) is 7.72. The highest BCUT2D eigenvalue weighted by molar-refractivity contribution is 8.01. The monoisotopic (exact) mass is 395 g/mol. The minimum absolute atomic E-state index is 0.506. The number of nitrogens with one attached hydrogen (secondary N) is 1. The molecule has 28 heavy (non-hydrogen) atoms. The molecule has 0 saturated carbocycles. The lowest BCUT2D eigenvalue weighted by molar-refractivity contribution is 0.0911. The third-order valence-corrected chi connectivity index (χ3v) is 5.30. The van der Waals surface area contributed by atoms with Gasteiger partial charge in [0, 0.05) is 6.04 Å². The first-order valence-electron chi connectivity index (χ1n) is 9.82. The van der Waals surface area contributed by atoms with E-state index in [4.69, 9.17) is 9.47 Å². The Kier molecular flexibility index (Phi) is 8.22. The summed E-state index contributed by atoms with van der Waals surface area (Å²) in [7, 11) is 0. The van der Waals surface area contributed by atoms with E-state index in [-0.39, 0.29) is 0 Å². The molecule has 1 fully saturated rings. The van der Waals surface area contributed by atoms with Crippen LogP contribution >= 0.6 is 11.8 Å². The molecule has 1 atom stereocenters. The molecule has 1 aliphatic heterocycles. The lowest BCUT2D eigenvalue weighted by Gasteiger charge is -2.23. The largest absolute Gasteiger partial charge is 0.457 e. The van der Waals surface area contributed by atoms with Crippen molar-refractivity contribution in [1.82, 2.24) is 5.32 Å². The van der Waals surface area contributed by atoms with Gasteiger partial charge in [-0.25, -0.2) is 0 Å². The standard InChI is InChI=1S/C24H29NO2S/c1-3-20(18-28-2)21-9-13-24(14-10-21)27-23-11-7-19(8-12-23)16-26-17-22-6-4-5-15-25-22/h3,7-14,18,22,25H,1,4-6,15-17H2,2H3/b20-18+/t22-/m1/s1. The number of ether oxygens (including phenoxy) is 2. The molecule has 0 bridgehead atoms. The SMILES string of the molecule is C=C/C(=C\SC)c1ccc(Oc2ccc(COC[C@H]3CCCCN3)cc2)cc1. The molecule has 0 spiro atoms. The van der Waals surface area contributed by atoms with Crippen molar-refractivity contribution in [2.24, 2.45) is 0 Å². The van der Waals surface area contributed by atoms with Crippen molar-refractivity contribution in [2.75, 3.05) is 19.4 Å². The van der Waals surface area contributed by atoms with E-state index in [9.17, 15) is 0 Å². The van der Waals surface area contributed by atoms with Gasteiger partial charge in [-0.1, -0.05) is 43.3 Å². The van der Waals surface area contributed by atoms with Gasteiger partial charge in [0.25, 0.3) is 0 Å². The number of rotatable bonds is 9. The molecule has 148 valence electrons. The summed E-state index contributed by atoms with van der Waals surface area (Å²) in [5, 5.41) is 5.60. The lowest BCUT2D eigenvalue weighted by atomic mass is 10.1. The number of allylic oxidation sites excluding steroid dienone is 2. The molecule has 1 saturated heterocycles. The summed E-state index contributed by atoms with van der Waals surface area (Å²) in [4.78, 5) is 0. The van der Waals surface area contributed by atoms with Crippen LogP contribution in [0.25, 0.3) is 5.57 Å². The van der Waals surface area contributed by atoms with Gasteiger partial charge in [-0.15, -0.1) is 11.8 Å². The first-order valence-corrected chi connectivity index (χ1v) is 11.1. The zero-order chi connectivity index (χ0) is 19.6. The number of benzene rings is 2. The Labute approximate surface area is 172 Å². The minimum Gasteiger partial charge on any atom is -0.457 e. The van der Waals surface area contributed by atoms with Crippen molar-refractivity contribution >= 4 is 17.3 Å². The van der Waals surface area contributed by atoms with Crippen molar-refractivity contribution in [3.05, 3.63) is 77.7 Å². The Morgan fingerprint density at radius 2 is 1.82 bits per heavy atom. The molecule has 0 amide bonds. The highest BCUT2D eigenvalue weighted by Crippen LogP contribution is 2.25. The first kappa shape index (κ1) is 20.7. The molecule has 0 unspecified atom stereocenters. The van der Waals surface area contributed by atoms with E-state index in [1.54, 1.807) is 11.8 Å². The third kappa shape index (κ3) is 6.26. The van der Waals surface area contributed by atoms with Crippen LogP contribution in [0, 0.1) is 0 Å². The molecule has 0 aliphatic carbocycles. The molecular weight excluding hydrogens is 366 g/mol. The molecule has 0 aromatic heterocycles. The van der Waals surface area contributed by atoms with Gasteiger partial charge >= 0.3 is 0 Å². The fraction of sp³-hybridized carbons (Fsp3) is 0.333. The van der Waals surface area contributed by atoms with E-state index in [2.05, 4.69) is 41.6 Å². The van der Waals surface area contributed by atoms with Crippen LogP contribution < -0.4 is 10.1 Å². The number of piperidine rings is 1. The average Bonchev–Trinajstić information content (AvgIpc) is 2.75. The normalized spacial score (nSPS) is 17.3. The van der Waals surface area contributed by atoms with Gasteiger partial charge in [-0.2, -0.15) is 0 Å². The summed E-state index contributed by atoms with van der Waals surface area (Å²) in [6, 6.07) is 16.7. The van der Waals surface area contributed by atoms with E-state index < -0.39 is 0 Å². The summed E-state index contributed by atoms with van der Waals surface area (Å²) >= 11 is 1.67. The van der Waals surface area contributed by atoms with E-state index in [0.29, 0.717) is 12.6 Å². The quantitative estimate of drug-likeness (QED) is 0.525. The molecule has 1 heterocycles. The summed E-state index contributed by atoms with van der Waals surface area (Å²) in [6.45, 7) is 6.41.